The first kappa shape index (κ1) is 12.0. The van der Waals surface area contributed by atoms with Crippen LogP contribution in [0.15, 0.2) is 0 Å². The first-order valence-corrected chi connectivity index (χ1v) is 4.59. The first-order chi connectivity index (χ1) is 6.20. The van der Waals surface area contributed by atoms with Crippen LogP contribution in [0.3, 0.4) is 0 Å². The summed E-state index contributed by atoms with van der Waals surface area (Å²) in [5.41, 5.74) is 0. The molecule has 0 aromatic carbocycles. The van der Waals surface area contributed by atoms with Gasteiger partial charge in [0.05, 0.1) is 6.61 Å². The van der Waals surface area contributed by atoms with Crippen LogP contribution in [-0.4, -0.2) is 25.2 Å². The molecule has 0 aliphatic carbocycles. The molecule has 74 valence electrons. The second-order valence-electron chi connectivity index (χ2n) is 2.69. The van der Waals surface area contributed by atoms with Crippen molar-refractivity contribution in [3.63, 3.8) is 0 Å². The summed E-state index contributed by atoms with van der Waals surface area (Å²) >= 11 is 0. The summed E-state index contributed by atoms with van der Waals surface area (Å²) in [4.78, 5) is 10.8. The highest BCUT2D eigenvalue weighted by Gasteiger charge is 1.96. The molecule has 0 spiro atoms. The minimum Gasteiger partial charge on any atom is -0.456 e. The maximum Gasteiger partial charge on any atom is 0.384 e. The molecule has 0 aromatic heterocycles. The van der Waals surface area contributed by atoms with E-state index in [2.05, 4.69) is 21.9 Å². The lowest BCUT2D eigenvalue weighted by Crippen LogP contribution is -2.24. The van der Waals surface area contributed by atoms with Gasteiger partial charge in [-0.2, -0.15) is 0 Å². The highest BCUT2D eigenvalue weighted by atomic mass is 16.5. The van der Waals surface area contributed by atoms with Crippen LogP contribution in [0.25, 0.3) is 0 Å². The molecule has 13 heavy (non-hydrogen) atoms. The molecule has 3 heteroatoms. The summed E-state index contributed by atoms with van der Waals surface area (Å²) in [6.45, 7) is 7.14. The van der Waals surface area contributed by atoms with Gasteiger partial charge in [-0.1, -0.05) is 12.8 Å². The van der Waals surface area contributed by atoms with Crippen LogP contribution in [0.4, 0.5) is 0 Å². The Labute approximate surface area is 79.8 Å². The van der Waals surface area contributed by atoms with Crippen LogP contribution < -0.4 is 5.32 Å². The fraction of sp³-hybridized carbons (Fsp3) is 0.700. The third-order valence-corrected chi connectivity index (χ3v) is 1.43. The predicted octanol–water partition coefficient (Wildman–Crippen LogP) is 0.941. The third-order valence-electron chi connectivity index (χ3n) is 1.43. The first-order valence-electron chi connectivity index (χ1n) is 4.59. The van der Waals surface area contributed by atoms with Crippen molar-refractivity contribution in [2.24, 2.45) is 0 Å². The quantitative estimate of drug-likeness (QED) is 0.400. The number of carbonyl (C=O) groups excluding carboxylic acids is 1. The average Bonchev–Trinajstić information content (AvgIpc) is 2.05. The van der Waals surface area contributed by atoms with Crippen molar-refractivity contribution in [2.45, 2.75) is 33.2 Å². The van der Waals surface area contributed by atoms with E-state index in [0.717, 1.165) is 6.54 Å². The Morgan fingerprint density at radius 3 is 2.77 bits per heavy atom. The lowest BCUT2D eigenvalue weighted by atomic mass is 10.2. The Hall–Kier alpha value is -1.01. The molecule has 0 amide bonds. The zero-order valence-electron chi connectivity index (χ0n) is 8.52. The molecule has 0 aliphatic heterocycles. The van der Waals surface area contributed by atoms with Gasteiger partial charge in [-0.25, -0.2) is 4.79 Å². The van der Waals surface area contributed by atoms with Crippen LogP contribution in [0, 0.1) is 11.8 Å². The van der Waals surface area contributed by atoms with Crippen molar-refractivity contribution in [2.75, 3.05) is 13.2 Å². The lowest BCUT2D eigenvalue weighted by molar-refractivity contribution is -0.136. The molecule has 3 nitrogen and oxygen atoms in total. The number of hydrogen-bond acceptors (Lipinski definition) is 3. The van der Waals surface area contributed by atoms with Crippen molar-refractivity contribution < 1.29 is 9.53 Å². The zero-order chi connectivity index (χ0) is 10.1. The molecular weight excluding hydrogens is 166 g/mol. The molecule has 0 radical (unpaired) electrons. The van der Waals surface area contributed by atoms with E-state index in [9.17, 15) is 4.79 Å². The van der Waals surface area contributed by atoms with E-state index in [1.54, 1.807) is 6.92 Å². The van der Waals surface area contributed by atoms with Gasteiger partial charge in [0.1, 0.15) is 0 Å². The SMILES string of the molecule is CCNC(C)CC#CC(=O)OCC. The van der Waals surface area contributed by atoms with Crippen molar-refractivity contribution in [3.8, 4) is 11.8 Å². The Bertz CT molecular complexity index is 203. The van der Waals surface area contributed by atoms with Gasteiger partial charge in [-0.15, -0.1) is 0 Å². The van der Waals surface area contributed by atoms with Crippen LogP contribution in [0.5, 0.6) is 0 Å². The number of carbonyl (C=O) groups is 1. The van der Waals surface area contributed by atoms with Crippen molar-refractivity contribution >= 4 is 5.97 Å². The van der Waals surface area contributed by atoms with E-state index in [1.807, 2.05) is 13.8 Å². The smallest absolute Gasteiger partial charge is 0.384 e. The molecule has 0 saturated carbocycles. The fourth-order valence-electron chi connectivity index (χ4n) is 0.864. The van der Waals surface area contributed by atoms with Crippen LogP contribution in [0.2, 0.25) is 0 Å². The normalized spacial score (nSPS) is 11.3. The largest absolute Gasteiger partial charge is 0.456 e. The van der Waals surface area contributed by atoms with Crippen LogP contribution in [-0.2, 0) is 9.53 Å². The van der Waals surface area contributed by atoms with Crippen molar-refractivity contribution in [1.82, 2.24) is 5.32 Å². The summed E-state index contributed by atoms with van der Waals surface area (Å²) < 4.78 is 4.65. The molecule has 0 fully saturated rings. The standard InChI is InChI=1S/C10H17NO2/c1-4-11-9(3)7-6-8-10(12)13-5-2/h9,11H,4-5,7H2,1-3H3. The van der Waals surface area contributed by atoms with E-state index in [0.29, 0.717) is 19.1 Å². The number of hydrogen-bond donors (Lipinski definition) is 1. The van der Waals surface area contributed by atoms with Crippen LogP contribution in [0.1, 0.15) is 27.2 Å². The van der Waals surface area contributed by atoms with E-state index in [-0.39, 0.29) is 0 Å². The minimum absolute atomic E-state index is 0.326. The maximum atomic E-state index is 10.8. The van der Waals surface area contributed by atoms with Crippen molar-refractivity contribution in [3.05, 3.63) is 0 Å². The van der Waals surface area contributed by atoms with Gasteiger partial charge in [0.25, 0.3) is 0 Å². The summed E-state index contributed by atoms with van der Waals surface area (Å²) in [6, 6.07) is 0.326. The van der Waals surface area contributed by atoms with Gasteiger partial charge < -0.3 is 10.1 Å². The molecule has 1 unspecified atom stereocenters. The van der Waals surface area contributed by atoms with Gasteiger partial charge in [0, 0.05) is 18.4 Å². The number of ether oxygens (including phenoxy) is 1. The Kier molecular flexibility index (Phi) is 7.04. The Balaban J connectivity index is 3.65. The topological polar surface area (TPSA) is 38.3 Å². The van der Waals surface area contributed by atoms with Crippen LogP contribution >= 0.6 is 0 Å². The van der Waals surface area contributed by atoms with E-state index >= 15 is 0 Å². The predicted molar refractivity (Wildman–Crippen MR) is 52.2 cm³/mol. The van der Waals surface area contributed by atoms with Gasteiger partial charge in [0.2, 0.25) is 0 Å². The Morgan fingerprint density at radius 1 is 1.54 bits per heavy atom. The van der Waals surface area contributed by atoms with E-state index < -0.39 is 5.97 Å². The molecule has 0 heterocycles. The molecule has 0 saturated heterocycles. The summed E-state index contributed by atoms with van der Waals surface area (Å²) in [5, 5.41) is 3.20. The van der Waals surface area contributed by atoms with Crippen molar-refractivity contribution in [1.29, 1.82) is 0 Å². The minimum atomic E-state index is -0.439. The monoisotopic (exact) mass is 183 g/mol. The molecule has 0 aromatic rings. The number of rotatable bonds is 4. The lowest BCUT2D eigenvalue weighted by Gasteiger charge is -2.06. The molecular formula is C10H17NO2. The highest BCUT2D eigenvalue weighted by molar-refractivity contribution is 5.88. The van der Waals surface area contributed by atoms with Gasteiger partial charge in [0.15, 0.2) is 0 Å². The second-order valence-corrected chi connectivity index (χ2v) is 2.69. The second kappa shape index (κ2) is 7.63. The molecule has 0 bridgehead atoms. The average molecular weight is 183 g/mol. The number of nitrogens with one attached hydrogen (secondary N) is 1. The summed E-state index contributed by atoms with van der Waals surface area (Å²) in [7, 11) is 0. The van der Waals surface area contributed by atoms with E-state index in [4.69, 9.17) is 0 Å². The molecule has 1 N–H and O–H groups in total. The summed E-state index contributed by atoms with van der Waals surface area (Å²) in [6.07, 6.45) is 0.673. The zero-order valence-corrected chi connectivity index (χ0v) is 8.52. The Morgan fingerprint density at radius 2 is 2.23 bits per heavy atom. The van der Waals surface area contributed by atoms with E-state index in [1.165, 1.54) is 0 Å². The summed E-state index contributed by atoms with van der Waals surface area (Å²) in [5.74, 6) is 4.75. The molecule has 0 aliphatic rings. The fourth-order valence-corrected chi connectivity index (χ4v) is 0.864. The van der Waals surface area contributed by atoms with Gasteiger partial charge in [-0.05, 0) is 20.4 Å². The van der Waals surface area contributed by atoms with Gasteiger partial charge in [-0.3, -0.25) is 0 Å². The molecule has 0 rings (SSSR count). The molecule has 1 atom stereocenters. The highest BCUT2D eigenvalue weighted by Crippen LogP contribution is 1.87. The third kappa shape index (κ3) is 7.35. The number of esters is 1. The van der Waals surface area contributed by atoms with Gasteiger partial charge >= 0.3 is 5.97 Å². The maximum absolute atomic E-state index is 10.8.